The van der Waals surface area contributed by atoms with Crippen molar-refractivity contribution in [3.05, 3.63) is 21.4 Å². The molecule has 1 aliphatic carbocycles. The number of amides is 1. The highest BCUT2D eigenvalue weighted by Gasteiger charge is 2.24. The molecule has 0 bridgehead atoms. The lowest BCUT2D eigenvalue weighted by Gasteiger charge is -2.20. The Labute approximate surface area is 136 Å². The van der Waals surface area contributed by atoms with Gasteiger partial charge in [0, 0.05) is 11.4 Å². The molecule has 0 fully saturated rings. The van der Waals surface area contributed by atoms with Gasteiger partial charge >= 0.3 is 5.97 Å². The van der Waals surface area contributed by atoms with Crippen LogP contribution in [0.15, 0.2) is 6.07 Å². The van der Waals surface area contributed by atoms with Gasteiger partial charge in [0.05, 0.1) is 11.5 Å². The molecule has 0 aliphatic heterocycles. The van der Waals surface area contributed by atoms with Crippen molar-refractivity contribution < 1.29 is 14.3 Å². The first-order chi connectivity index (χ1) is 10.5. The van der Waals surface area contributed by atoms with Crippen molar-refractivity contribution in [3.8, 4) is 0 Å². The Morgan fingerprint density at radius 2 is 2.18 bits per heavy atom. The Morgan fingerprint density at radius 1 is 1.41 bits per heavy atom. The SMILES string of the molecule is CCCN(CC(=O)OCC)C(=O)c1cc2c(s1)CCC(C)C2. The fraction of sp³-hybridized carbons (Fsp3) is 0.647. The maximum atomic E-state index is 12.7. The van der Waals surface area contributed by atoms with Gasteiger partial charge in [0.1, 0.15) is 6.54 Å². The summed E-state index contributed by atoms with van der Waals surface area (Å²) in [5.74, 6) is 0.317. The third-order valence-corrected chi connectivity index (χ3v) is 5.17. The molecule has 1 atom stereocenters. The van der Waals surface area contributed by atoms with Crippen LogP contribution in [-0.4, -0.2) is 36.5 Å². The molecule has 5 heteroatoms. The van der Waals surface area contributed by atoms with Gasteiger partial charge in [-0.2, -0.15) is 0 Å². The average molecular weight is 323 g/mol. The summed E-state index contributed by atoms with van der Waals surface area (Å²) >= 11 is 1.60. The van der Waals surface area contributed by atoms with Gasteiger partial charge in [-0.15, -0.1) is 11.3 Å². The normalized spacial score (nSPS) is 17.0. The molecule has 1 unspecified atom stereocenters. The van der Waals surface area contributed by atoms with E-state index in [2.05, 4.69) is 6.92 Å². The van der Waals surface area contributed by atoms with Gasteiger partial charge in [-0.3, -0.25) is 9.59 Å². The summed E-state index contributed by atoms with van der Waals surface area (Å²) in [7, 11) is 0. The van der Waals surface area contributed by atoms with Gasteiger partial charge in [-0.05, 0) is 50.2 Å². The third-order valence-electron chi connectivity index (χ3n) is 3.95. The molecule has 0 aromatic carbocycles. The first kappa shape index (κ1) is 17.0. The third kappa shape index (κ3) is 4.09. The maximum Gasteiger partial charge on any atom is 0.325 e. The summed E-state index contributed by atoms with van der Waals surface area (Å²) in [4.78, 5) is 28.1. The number of hydrogen-bond acceptors (Lipinski definition) is 4. The van der Waals surface area contributed by atoms with Crippen molar-refractivity contribution in [1.29, 1.82) is 0 Å². The molecule has 1 aliphatic rings. The smallest absolute Gasteiger partial charge is 0.325 e. The topological polar surface area (TPSA) is 46.6 Å². The predicted molar refractivity (Wildman–Crippen MR) is 88.3 cm³/mol. The van der Waals surface area contributed by atoms with E-state index in [1.807, 2.05) is 13.0 Å². The number of fused-ring (bicyclic) bond motifs is 1. The highest BCUT2D eigenvalue weighted by atomic mass is 32.1. The molecule has 0 N–H and O–H groups in total. The molecule has 22 heavy (non-hydrogen) atoms. The summed E-state index contributed by atoms with van der Waals surface area (Å²) in [5.41, 5.74) is 1.32. The number of thiophene rings is 1. The standard InChI is InChI=1S/C17H25NO3S/c1-4-8-18(11-16(19)21-5-2)17(20)15-10-13-9-12(3)6-7-14(13)22-15/h10,12H,4-9,11H2,1-3H3. The number of carbonyl (C=O) groups is 2. The van der Waals surface area contributed by atoms with Crippen LogP contribution >= 0.6 is 11.3 Å². The summed E-state index contributed by atoms with van der Waals surface area (Å²) in [6.07, 6.45) is 4.15. The van der Waals surface area contributed by atoms with E-state index in [1.54, 1.807) is 23.2 Å². The minimum Gasteiger partial charge on any atom is -0.465 e. The molecule has 2 rings (SSSR count). The van der Waals surface area contributed by atoms with Crippen molar-refractivity contribution in [2.45, 2.75) is 46.5 Å². The first-order valence-electron chi connectivity index (χ1n) is 8.11. The van der Waals surface area contributed by atoms with Crippen molar-refractivity contribution in [2.75, 3.05) is 19.7 Å². The van der Waals surface area contributed by atoms with E-state index in [4.69, 9.17) is 4.74 Å². The molecule has 0 saturated heterocycles. The molecule has 122 valence electrons. The number of ether oxygens (including phenoxy) is 1. The Balaban J connectivity index is 2.11. The molecular weight excluding hydrogens is 298 g/mol. The van der Waals surface area contributed by atoms with Crippen LogP contribution in [0.5, 0.6) is 0 Å². The van der Waals surface area contributed by atoms with Gasteiger partial charge in [0.2, 0.25) is 0 Å². The van der Waals surface area contributed by atoms with Crippen molar-refractivity contribution in [1.82, 2.24) is 4.90 Å². The van der Waals surface area contributed by atoms with Crippen molar-refractivity contribution >= 4 is 23.2 Å². The monoisotopic (exact) mass is 323 g/mol. The zero-order chi connectivity index (χ0) is 16.1. The zero-order valence-electron chi connectivity index (χ0n) is 13.7. The lowest BCUT2D eigenvalue weighted by molar-refractivity contribution is -0.143. The second-order valence-corrected chi connectivity index (χ2v) is 7.08. The highest BCUT2D eigenvalue weighted by molar-refractivity contribution is 7.14. The summed E-state index contributed by atoms with van der Waals surface area (Å²) in [5, 5.41) is 0. The Kier molecular flexibility index (Phi) is 6.00. The van der Waals surface area contributed by atoms with Crippen molar-refractivity contribution in [2.24, 2.45) is 5.92 Å². The average Bonchev–Trinajstić information content (AvgIpc) is 2.89. The van der Waals surface area contributed by atoms with Crippen LogP contribution in [0.3, 0.4) is 0 Å². The number of hydrogen-bond donors (Lipinski definition) is 0. The van der Waals surface area contributed by atoms with E-state index < -0.39 is 0 Å². The summed E-state index contributed by atoms with van der Waals surface area (Å²) in [6.45, 7) is 7.01. The van der Waals surface area contributed by atoms with Crippen LogP contribution in [0, 0.1) is 5.92 Å². The quantitative estimate of drug-likeness (QED) is 0.755. The Bertz CT molecular complexity index is 538. The lowest BCUT2D eigenvalue weighted by Crippen LogP contribution is -2.36. The fourth-order valence-corrected chi connectivity index (χ4v) is 4.03. The Hall–Kier alpha value is -1.36. The molecule has 1 aromatic rings. The number of carbonyl (C=O) groups excluding carboxylic acids is 2. The van der Waals surface area contributed by atoms with Crippen LogP contribution in [0.1, 0.15) is 53.7 Å². The van der Waals surface area contributed by atoms with Crippen LogP contribution < -0.4 is 0 Å². The molecule has 1 heterocycles. The fourth-order valence-electron chi connectivity index (χ4n) is 2.85. The first-order valence-corrected chi connectivity index (χ1v) is 8.93. The predicted octanol–water partition coefficient (Wildman–Crippen LogP) is 3.29. The molecule has 1 amide bonds. The van der Waals surface area contributed by atoms with Gasteiger partial charge < -0.3 is 9.64 Å². The number of rotatable bonds is 6. The second kappa shape index (κ2) is 7.77. The van der Waals surface area contributed by atoms with Gasteiger partial charge in [0.25, 0.3) is 5.91 Å². The minimum absolute atomic E-state index is 0.0399. The zero-order valence-corrected chi connectivity index (χ0v) is 14.5. The van der Waals surface area contributed by atoms with E-state index >= 15 is 0 Å². The number of nitrogens with zero attached hydrogens (tertiary/aromatic N) is 1. The molecule has 0 spiro atoms. The lowest BCUT2D eigenvalue weighted by atomic mass is 9.90. The summed E-state index contributed by atoms with van der Waals surface area (Å²) < 4.78 is 4.97. The number of aryl methyl sites for hydroxylation is 1. The molecule has 0 radical (unpaired) electrons. The van der Waals surface area contributed by atoms with Crippen molar-refractivity contribution in [3.63, 3.8) is 0 Å². The van der Waals surface area contributed by atoms with Crippen LogP contribution in [0.2, 0.25) is 0 Å². The van der Waals surface area contributed by atoms with Gasteiger partial charge in [-0.25, -0.2) is 0 Å². The van der Waals surface area contributed by atoms with E-state index in [-0.39, 0.29) is 18.4 Å². The Morgan fingerprint density at radius 3 is 2.86 bits per heavy atom. The second-order valence-electron chi connectivity index (χ2n) is 5.94. The number of esters is 1. The van der Waals surface area contributed by atoms with Crippen LogP contribution in [-0.2, 0) is 22.4 Å². The van der Waals surface area contributed by atoms with Gasteiger partial charge in [0.15, 0.2) is 0 Å². The molecular formula is C17H25NO3S. The summed E-state index contributed by atoms with van der Waals surface area (Å²) in [6, 6.07) is 2.03. The van der Waals surface area contributed by atoms with E-state index in [0.29, 0.717) is 19.1 Å². The van der Waals surface area contributed by atoms with Crippen LogP contribution in [0.4, 0.5) is 0 Å². The van der Waals surface area contributed by atoms with E-state index in [0.717, 1.165) is 24.1 Å². The van der Waals surface area contributed by atoms with Crippen LogP contribution in [0.25, 0.3) is 0 Å². The molecule has 1 aromatic heterocycles. The maximum absolute atomic E-state index is 12.7. The van der Waals surface area contributed by atoms with E-state index in [1.165, 1.54) is 16.9 Å². The highest BCUT2D eigenvalue weighted by Crippen LogP contribution is 2.32. The molecule has 4 nitrogen and oxygen atoms in total. The largest absolute Gasteiger partial charge is 0.465 e. The van der Waals surface area contributed by atoms with Gasteiger partial charge in [-0.1, -0.05) is 13.8 Å². The minimum atomic E-state index is -0.334. The van der Waals surface area contributed by atoms with E-state index in [9.17, 15) is 9.59 Å². The molecule has 0 saturated carbocycles.